The molecule has 2 aliphatic rings. The molecule has 0 bridgehead atoms. The molecule has 0 atom stereocenters. The second kappa shape index (κ2) is 7.46. The first-order valence-corrected chi connectivity index (χ1v) is 10.7. The third kappa shape index (κ3) is 3.46. The van der Waals surface area contributed by atoms with Crippen molar-refractivity contribution in [2.24, 2.45) is 0 Å². The minimum Gasteiger partial charge on any atom is -0.379 e. The predicted octanol–water partition coefficient (Wildman–Crippen LogP) is 1.29. The zero-order valence-electron chi connectivity index (χ0n) is 15.2. The fourth-order valence-corrected chi connectivity index (χ4v) is 4.84. The van der Waals surface area contributed by atoms with Crippen LogP contribution in [0, 0.1) is 0 Å². The minimum atomic E-state index is -3.43. The summed E-state index contributed by atoms with van der Waals surface area (Å²) >= 11 is 0. The van der Waals surface area contributed by atoms with E-state index in [4.69, 9.17) is 4.74 Å². The molecular weight excluding hydrogens is 380 g/mol. The van der Waals surface area contributed by atoms with Crippen LogP contribution in [-0.4, -0.2) is 63.0 Å². The fraction of sp³-hybridized carbons (Fsp3) is 0.300. The zero-order chi connectivity index (χ0) is 19.7. The summed E-state index contributed by atoms with van der Waals surface area (Å²) in [5.41, 5.74) is 3.14. The number of ether oxygens (including phenoxy) is 1. The molecule has 0 saturated carbocycles. The van der Waals surface area contributed by atoms with Crippen molar-refractivity contribution in [3.63, 3.8) is 0 Å². The van der Waals surface area contributed by atoms with Crippen molar-refractivity contribution >= 4 is 21.7 Å². The maximum atomic E-state index is 12.6. The largest absolute Gasteiger partial charge is 0.379 e. The Bertz CT molecular complexity index is 1040. The number of sulfonamides is 1. The summed E-state index contributed by atoms with van der Waals surface area (Å²) in [6.45, 7) is 1.45. The van der Waals surface area contributed by atoms with Crippen LogP contribution in [0.25, 0.3) is 11.1 Å². The Labute approximate surface area is 163 Å². The number of rotatable bonds is 5. The van der Waals surface area contributed by atoms with Gasteiger partial charge in [0.1, 0.15) is 0 Å². The number of carbonyl (C=O) groups is 2. The lowest BCUT2D eigenvalue weighted by Crippen LogP contribution is -2.43. The van der Waals surface area contributed by atoms with Crippen molar-refractivity contribution in [2.75, 3.05) is 38.6 Å². The number of fused-ring (bicyclic) bond motifs is 3. The molecule has 1 fully saturated rings. The van der Waals surface area contributed by atoms with Gasteiger partial charge in [0.2, 0.25) is 10.0 Å². The molecule has 2 aromatic rings. The van der Waals surface area contributed by atoms with Crippen LogP contribution in [0.15, 0.2) is 42.5 Å². The summed E-state index contributed by atoms with van der Waals surface area (Å²) in [5, 5.41) is 2.63. The van der Waals surface area contributed by atoms with E-state index >= 15 is 0 Å². The molecule has 8 heteroatoms. The molecule has 0 aromatic heterocycles. The van der Waals surface area contributed by atoms with E-state index in [1.807, 2.05) is 18.2 Å². The smallest absolute Gasteiger partial charge is 0.251 e. The number of benzene rings is 2. The molecule has 1 N–H and O–H groups in total. The highest BCUT2D eigenvalue weighted by Gasteiger charge is 2.27. The second-order valence-corrected chi connectivity index (χ2v) is 8.81. The van der Waals surface area contributed by atoms with Gasteiger partial charge in [0.15, 0.2) is 5.78 Å². The van der Waals surface area contributed by atoms with Crippen molar-refractivity contribution in [2.45, 2.75) is 0 Å². The Morgan fingerprint density at radius 2 is 1.68 bits per heavy atom. The molecule has 4 rings (SSSR count). The lowest BCUT2D eigenvalue weighted by Gasteiger charge is -2.26. The number of hydrogen-bond acceptors (Lipinski definition) is 5. The average Bonchev–Trinajstić information content (AvgIpc) is 3.01. The standard InChI is InChI=1S/C20H20N2O5S/c23-19-17-4-2-1-3-15(17)16-6-5-14(13-18(16)19)20(24)21-7-12-28(25,26)22-8-10-27-11-9-22/h1-6,13H,7-12H2,(H,21,24). The third-order valence-corrected chi connectivity index (χ3v) is 6.87. The second-order valence-electron chi connectivity index (χ2n) is 6.72. The zero-order valence-corrected chi connectivity index (χ0v) is 16.0. The summed E-state index contributed by atoms with van der Waals surface area (Å²) in [4.78, 5) is 25.0. The highest BCUT2D eigenvalue weighted by molar-refractivity contribution is 7.89. The molecule has 1 aliphatic heterocycles. The van der Waals surface area contributed by atoms with E-state index in [2.05, 4.69) is 5.32 Å². The van der Waals surface area contributed by atoms with Crippen LogP contribution in [0.1, 0.15) is 26.3 Å². The van der Waals surface area contributed by atoms with Gasteiger partial charge < -0.3 is 10.1 Å². The monoisotopic (exact) mass is 400 g/mol. The highest BCUT2D eigenvalue weighted by atomic mass is 32.2. The summed E-state index contributed by atoms with van der Waals surface area (Å²) < 4.78 is 31.1. The van der Waals surface area contributed by atoms with E-state index in [1.165, 1.54) is 4.31 Å². The van der Waals surface area contributed by atoms with Crippen LogP contribution < -0.4 is 5.32 Å². The van der Waals surface area contributed by atoms with Gasteiger partial charge in [0.25, 0.3) is 5.91 Å². The SMILES string of the molecule is O=C(NCCS(=O)(=O)N1CCOCC1)c1ccc2c(c1)C(=O)c1ccccc1-2. The Hall–Kier alpha value is -2.55. The number of amides is 1. The van der Waals surface area contributed by atoms with Gasteiger partial charge >= 0.3 is 0 Å². The van der Waals surface area contributed by atoms with Crippen molar-refractivity contribution < 1.29 is 22.7 Å². The van der Waals surface area contributed by atoms with Gasteiger partial charge in [-0.15, -0.1) is 0 Å². The molecule has 2 aromatic carbocycles. The number of nitrogens with one attached hydrogen (secondary N) is 1. The van der Waals surface area contributed by atoms with Crippen LogP contribution in [0.4, 0.5) is 0 Å². The number of nitrogens with zero attached hydrogens (tertiary/aromatic N) is 1. The van der Waals surface area contributed by atoms with E-state index in [1.54, 1.807) is 24.3 Å². The molecule has 0 unspecified atom stereocenters. The first-order valence-electron chi connectivity index (χ1n) is 9.09. The van der Waals surface area contributed by atoms with Gasteiger partial charge in [-0.05, 0) is 23.3 Å². The number of ketones is 1. The Morgan fingerprint density at radius 1 is 1.00 bits per heavy atom. The highest BCUT2D eigenvalue weighted by Crippen LogP contribution is 2.36. The maximum absolute atomic E-state index is 12.6. The van der Waals surface area contributed by atoms with Gasteiger partial charge in [0, 0.05) is 36.3 Å². The van der Waals surface area contributed by atoms with Crippen molar-refractivity contribution in [3.05, 3.63) is 59.2 Å². The van der Waals surface area contributed by atoms with Gasteiger partial charge in [-0.25, -0.2) is 8.42 Å². The van der Waals surface area contributed by atoms with Gasteiger partial charge in [-0.2, -0.15) is 4.31 Å². The lowest BCUT2D eigenvalue weighted by molar-refractivity contribution is 0.0730. The van der Waals surface area contributed by atoms with Gasteiger partial charge in [-0.1, -0.05) is 30.3 Å². The average molecular weight is 400 g/mol. The topological polar surface area (TPSA) is 92.8 Å². The number of carbonyl (C=O) groups excluding carboxylic acids is 2. The molecular formula is C20H20N2O5S. The number of morpholine rings is 1. The van der Waals surface area contributed by atoms with Crippen molar-refractivity contribution in [1.29, 1.82) is 0 Å². The van der Waals surface area contributed by atoms with Gasteiger partial charge in [0.05, 0.1) is 19.0 Å². The fourth-order valence-electron chi connectivity index (χ4n) is 3.52. The normalized spacial score (nSPS) is 16.5. The Kier molecular flexibility index (Phi) is 5.01. The molecule has 0 radical (unpaired) electrons. The van der Waals surface area contributed by atoms with Crippen LogP contribution in [-0.2, 0) is 14.8 Å². The van der Waals surface area contributed by atoms with Crippen molar-refractivity contribution in [1.82, 2.24) is 9.62 Å². The summed E-state index contributed by atoms with van der Waals surface area (Å²) in [6, 6.07) is 12.3. The maximum Gasteiger partial charge on any atom is 0.251 e. The van der Waals surface area contributed by atoms with Crippen LogP contribution in [0.2, 0.25) is 0 Å². The summed E-state index contributed by atoms with van der Waals surface area (Å²) in [6.07, 6.45) is 0. The van der Waals surface area contributed by atoms with E-state index in [0.29, 0.717) is 43.0 Å². The third-order valence-electron chi connectivity index (χ3n) is 5.00. The molecule has 0 spiro atoms. The van der Waals surface area contributed by atoms with Crippen LogP contribution in [0.5, 0.6) is 0 Å². The molecule has 146 valence electrons. The van der Waals surface area contributed by atoms with Crippen LogP contribution >= 0.6 is 0 Å². The first kappa shape index (κ1) is 18.8. The summed E-state index contributed by atoms with van der Waals surface area (Å²) in [7, 11) is -3.43. The quantitative estimate of drug-likeness (QED) is 0.697. The van der Waals surface area contributed by atoms with Crippen molar-refractivity contribution in [3.8, 4) is 11.1 Å². The van der Waals surface area contributed by atoms with Gasteiger partial charge in [-0.3, -0.25) is 9.59 Å². The number of hydrogen-bond donors (Lipinski definition) is 1. The van der Waals surface area contributed by atoms with E-state index < -0.39 is 15.9 Å². The Balaban J connectivity index is 1.42. The molecule has 1 saturated heterocycles. The van der Waals surface area contributed by atoms with E-state index in [-0.39, 0.29) is 18.1 Å². The van der Waals surface area contributed by atoms with E-state index in [9.17, 15) is 18.0 Å². The molecule has 1 heterocycles. The van der Waals surface area contributed by atoms with Crippen LogP contribution in [0.3, 0.4) is 0 Å². The molecule has 28 heavy (non-hydrogen) atoms. The first-order chi connectivity index (χ1) is 13.5. The molecule has 1 amide bonds. The predicted molar refractivity (Wildman–Crippen MR) is 104 cm³/mol. The lowest BCUT2D eigenvalue weighted by atomic mass is 10.0. The summed E-state index contributed by atoms with van der Waals surface area (Å²) in [5.74, 6) is -0.674. The van der Waals surface area contributed by atoms with E-state index in [0.717, 1.165) is 11.1 Å². The Morgan fingerprint density at radius 3 is 2.43 bits per heavy atom. The molecule has 1 aliphatic carbocycles. The minimum absolute atomic E-state index is 0.00375. The molecule has 7 nitrogen and oxygen atoms in total.